The first-order valence-electron chi connectivity index (χ1n) is 6.82. The van der Waals surface area contributed by atoms with Gasteiger partial charge >= 0.3 is 5.76 Å². The third-order valence-corrected chi connectivity index (χ3v) is 4.99. The van der Waals surface area contributed by atoms with Crippen LogP contribution in [-0.4, -0.2) is 20.2 Å². The zero-order valence-corrected chi connectivity index (χ0v) is 12.2. The van der Waals surface area contributed by atoms with Crippen molar-refractivity contribution < 1.29 is 17.2 Å². The highest BCUT2D eigenvalue weighted by molar-refractivity contribution is 7.91. The predicted octanol–water partition coefficient (Wildman–Crippen LogP) is 3.67. The highest BCUT2D eigenvalue weighted by Crippen LogP contribution is 2.34. The molecule has 0 radical (unpaired) electrons. The molecule has 1 aromatic rings. The van der Waals surface area contributed by atoms with E-state index in [1.54, 1.807) is 12.1 Å². The highest BCUT2D eigenvalue weighted by atomic mass is 32.2. The number of rotatable bonds is 7. The molecule has 3 nitrogen and oxygen atoms in total. The Kier molecular flexibility index (Phi) is 4.62. The SMILES string of the molecule is CCC(CC1CC1)Nc1ccc(S(=O)(=O)C(F)F)cc1. The molecule has 6 heteroatoms. The van der Waals surface area contributed by atoms with Crippen LogP contribution in [0.3, 0.4) is 0 Å². The lowest BCUT2D eigenvalue weighted by atomic mass is 10.1. The molecule has 1 atom stereocenters. The van der Waals surface area contributed by atoms with E-state index in [9.17, 15) is 17.2 Å². The van der Waals surface area contributed by atoms with E-state index in [1.807, 2.05) is 0 Å². The second-order valence-electron chi connectivity index (χ2n) is 5.26. The summed E-state index contributed by atoms with van der Waals surface area (Å²) < 4.78 is 47.4. The van der Waals surface area contributed by atoms with E-state index < -0.39 is 15.6 Å². The van der Waals surface area contributed by atoms with Crippen LogP contribution in [0.1, 0.15) is 32.6 Å². The van der Waals surface area contributed by atoms with Gasteiger partial charge in [-0.1, -0.05) is 19.8 Å². The second-order valence-corrected chi connectivity index (χ2v) is 7.18. The summed E-state index contributed by atoms with van der Waals surface area (Å²) in [7, 11) is -4.50. The van der Waals surface area contributed by atoms with Gasteiger partial charge in [0.15, 0.2) is 0 Å². The minimum absolute atomic E-state index is 0.340. The van der Waals surface area contributed by atoms with Crippen LogP contribution in [0.4, 0.5) is 14.5 Å². The maximum Gasteiger partial charge on any atom is 0.341 e. The molecule has 0 heterocycles. The van der Waals surface area contributed by atoms with Gasteiger partial charge in [0, 0.05) is 11.7 Å². The number of benzene rings is 1. The van der Waals surface area contributed by atoms with E-state index in [0.717, 1.165) is 24.4 Å². The molecule has 1 aromatic carbocycles. The first-order valence-corrected chi connectivity index (χ1v) is 8.36. The van der Waals surface area contributed by atoms with E-state index in [0.29, 0.717) is 6.04 Å². The van der Waals surface area contributed by atoms with Gasteiger partial charge in [0.2, 0.25) is 9.84 Å². The maximum atomic E-state index is 12.4. The molecule has 1 N–H and O–H groups in total. The Morgan fingerprint density at radius 3 is 2.30 bits per heavy atom. The van der Waals surface area contributed by atoms with Gasteiger partial charge in [-0.2, -0.15) is 8.78 Å². The first kappa shape index (κ1) is 15.2. The molecule has 1 saturated carbocycles. The third kappa shape index (κ3) is 3.69. The summed E-state index contributed by atoms with van der Waals surface area (Å²) in [4.78, 5) is -0.340. The van der Waals surface area contributed by atoms with E-state index in [1.165, 1.54) is 25.0 Å². The van der Waals surface area contributed by atoms with Crippen molar-refractivity contribution in [1.29, 1.82) is 0 Å². The number of alkyl halides is 2. The average Bonchev–Trinajstić information content (AvgIpc) is 3.22. The van der Waals surface area contributed by atoms with Crippen molar-refractivity contribution in [3.05, 3.63) is 24.3 Å². The second kappa shape index (κ2) is 6.08. The predicted molar refractivity (Wildman–Crippen MR) is 74.7 cm³/mol. The van der Waals surface area contributed by atoms with Crippen molar-refractivity contribution in [1.82, 2.24) is 0 Å². The summed E-state index contributed by atoms with van der Waals surface area (Å²) >= 11 is 0. The molecule has 1 unspecified atom stereocenters. The minimum atomic E-state index is -4.50. The van der Waals surface area contributed by atoms with Crippen LogP contribution in [0.2, 0.25) is 0 Å². The lowest BCUT2D eigenvalue weighted by Gasteiger charge is -2.18. The third-order valence-electron chi connectivity index (χ3n) is 3.60. The molecule has 2 rings (SSSR count). The zero-order valence-electron chi connectivity index (χ0n) is 11.4. The van der Waals surface area contributed by atoms with Gasteiger partial charge in [0.05, 0.1) is 4.90 Å². The summed E-state index contributed by atoms with van der Waals surface area (Å²) in [5.74, 6) is -2.58. The van der Waals surface area contributed by atoms with Gasteiger partial charge < -0.3 is 5.32 Å². The molecule has 0 aliphatic heterocycles. The smallest absolute Gasteiger partial charge is 0.341 e. The molecule has 0 bridgehead atoms. The van der Waals surface area contributed by atoms with Gasteiger partial charge in [-0.15, -0.1) is 0 Å². The monoisotopic (exact) mass is 303 g/mol. The molecule has 0 aromatic heterocycles. The van der Waals surface area contributed by atoms with E-state index in [2.05, 4.69) is 12.2 Å². The van der Waals surface area contributed by atoms with E-state index in [-0.39, 0.29) is 4.90 Å². The lowest BCUT2D eigenvalue weighted by molar-refractivity contribution is 0.234. The van der Waals surface area contributed by atoms with Gasteiger partial charge in [-0.3, -0.25) is 0 Å². The van der Waals surface area contributed by atoms with Crippen molar-refractivity contribution in [2.24, 2.45) is 5.92 Å². The number of halogens is 2. The standard InChI is InChI=1S/C14H19F2NO2S/c1-2-11(9-10-3-4-10)17-12-5-7-13(8-6-12)20(18,19)14(15)16/h5-8,10-11,14,17H,2-4,9H2,1H3. The molecule has 0 saturated heterocycles. The Morgan fingerprint density at radius 1 is 1.25 bits per heavy atom. The van der Waals surface area contributed by atoms with Crippen LogP contribution in [0.15, 0.2) is 29.2 Å². The molecule has 1 aliphatic rings. The summed E-state index contributed by atoms with van der Waals surface area (Å²) in [5, 5.41) is 3.33. The summed E-state index contributed by atoms with van der Waals surface area (Å²) in [6, 6.07) is 5.90. The number of sulfone groups is 1. The molecule has 20 heavy (non-hydrogen) atoms. The topological polar surface area (TPSA) is 46.2 Å². The number of nitrogens with one attached hydrogen (secondary N) is 1. The maximum absolute atomic E-state index is 12.4. The van der Waals surface area contributed by atoms with Gasteiger partial charge in [-0.05, 0) is 43.0 Å². The van der Waals surface area contributed by atoms with Crippen molar-refractivity contribution in [2.45, 2.75) is 49.3 Å². The van der Waals surface area contributed by atoms with Gasteiger partial charge in [0.25, 0.3) is 0 Å². The molecule has 0 spiro atoms. The Balaban J connectivity index is 2.03. The van der Waals surface area contributed by atoms with Crippen LogP contribution in [0.25, 0.3) is 0 Å². The van der Waals surface area contributed by atoms with Gasteiger partial charge in [-0.25, -0.2) is 8.42 Å². The van der Waals surface area contributed by atoms with Crippen molar-refractivity contribution >= 4 is 15.5 Å². The fourth-order valence-electron chi connectivity index (χ4n) is 2.16. The van der Waals surface area contributed by atoms with Crippen LogP contribution >= 0.6 is 0 Å². The minimum Gasteiger partial charge on any atom is -0.382 e. The zero-order chi connectivity index (χ0) is 14.8. The van der Waals surface area contributed by atoms with Crippen LogP contribution in [0.5, 0.6) is 0 Å². The Labute approximate surface area is 118 Å². The Hall–Kier alpha value is -1.17. The summed E-state index contributed by atoms with van der Waals surface area (Å²) in [5.41, 5.74) is 0.769. The van der Waals surface area contributed by atoms with Gasteiger partial charge in [0.1, 0.15) is 0 Å². The largest absolute Gasteiger partial charge is 0.382 e. The summed E-state index contributed by atoms with van der Waals surface area (Å²) in [6.07, 6.45) is 4.65. The molecule has 1 aliphatic carbocycles. The quantitative estimate of drug-likeness (QED) is 0.836. The Morgan fingerprint density at radius 2 is 1.85 bits per heavy atom. The molecular weight excluding hydrogens is 284 g/mol. The lowest BCUT2D eigenvalue weighted by Crippen LogP contribution is -2.19. The van der Waals surface area contributed by atoms with Crippen molar-refractivity contribution in [2.75, 3.05) is 5.32 Å². The van der Waals surface area contributed by atoms with Crippen LogP contribution < -0.4 is 5.32 Å². The van der Waals surface area contributed by atoms with Crippen LogP contribution in [0, 0.1) is 5.92 Å². The molecular formula is C14H19F2NO2S. The highest BCUT2D eigenvalue weighted by Gasteiger charge is 2.27. The molecule has 1 fully saturated rings. The fourth-order valence-corrected chi connectivity index (χ4v) is 2.88. The number of hydrogen-bond donors (Lipinski definition) is 1. The van der Waals surface area contributed by atoms with E-state index in [4.69, 9.17) is 0 Å². The fraction of sp³-hybridized carbons (Fsp3) is 0.571. The molecule has 0 amide bonds. The van der Waals surface area contributed by atoms with Crippen molar-refractivity contribution in [3.8, 4) is 0 Å². The number of anilines is 1. The van der Waals surface area contributed by atoms with Crippen molar-refractivity contribution in [3.63, 3.8) is 0 Å². The Bertz CT molecular complexity index is 539. The van der Waals surface area contributed by atoms with E-state index >= 15 is 0 Å². The molecule has 112 valence electrons. The van der Waals surface area contributed by atoms with Crippen LogP contribution in [-0.2, 0) is 9.84 Å². The summed E-state index contributed by atoms with van der Waals surface area (Å²) in [6.45, 7) is 2.09. The average molecular weight is 303 g/mol. The number of hydrogen-bond acceptors (Lipinski definition) is 3. The first-order chi connectivity index (χ1) is 9.43. The normalized spacial score (nSPS) is 17.2.